The van der Waals surface area contributed by atoms with Gasteiger partial charge in [-0.05, 0) is 75.2 Å². The van der Waals surface area contributed by atoms with Crippen molar-refractivity contribution in [3.63, 3.8) is 0 Å². The Bertz CT molecular complexity index is 1560. The zero-order valence-corrected chi connectivity index (χ0v) is 29.1. The topological polar surface area (TPSA) is 105 Å². The van der Waals surface area contributed by atoms with Crippen LogP contribution in [-0.2, 0) is 16.1 Å². The molecule has 0 saturated carbocycles. The van der Waals surface area contributed by atoms with Crippen molar-refractivity contribution in [1.29, 1.82) is 0 Å². The summed E-state index contributed by atoms with van der Waals surface area (Å²) in [6, 6.07) is 14.7. The molecule has 13 heteroatoms. The normalized spacial score (nSPS) is 14.6. The van der Waals surface area contributed by atoms with E-state index in [2.05, 4.69) is 9.88 Å². The van der Waals surface area contributed by atoms with E-state index < -0.39 is 5.41 Å². The summed E-state index contributed by atoms with van der Waals surface area (Å²) < 4.78 is 16.9. The first-order valence-electron chi connectivity index (χ1n) is 15.2. The van der Waals surface area contributed by atoms with Crippen molar-refractivity contribution in [2.75, 3.05) is 63.5 Å². The molecule has 3 heterocycles. The van der Waals surface area contributed by atoms with Gasteiger partial charge < -0.3 is 28.9 Å². The molecule has 47 heavy (non-hydrogen) atoms. The third-order valence-corrected chi connectivity index (χ3v) is 8.30. The maximum atomic E-state index is 13.2. The van der Waals surface area contributed by atoms with Gasteiger partial charge in [0.2, 0.25) is 18.6 Å². The van der Waals surface area contributed by atoms with Gasteiger partial charge in [-0.1, -0.05) is 0 Å². The second-order valence-corrected chi connectivity index (χ2v) is 11.8. The number of ether oxygens (including phenoxy) is 3. The molecule has 0 unspecified atom stereocenters. The lowest BCUT2D eigenvalue weighted by atomic mass is 9.90. The van der Waals surface area contributed by atoms with E-state index in [-0.39, 0.29) is 49.3 Å². The van der Waals surface area contributed by atoms with Crippen molar-refractivity contribution in [2.45, 2.75) is 33.7 Å². The van der Waals surface area contributed by atoms with Crippen molar-refractivity contribution in [1.82, 2.24) is 14.8 Å². The minimum atomic E-state index is -1.16. The van der Waals surface area contributed by atoms with Crippen LogP contribution >= 0.6 is 24.8 Å². The molecule has 0 fully saturated rings. The summed E-state index contributed by atoms with van der Waals surface area (Å²) in [5.74, 6) is 1.31. The highest BCUT2D eigenvalue weighted by Gasteiger charge is 2.45. The molecule has 5 rings (SSSR count). The highest BCUT2D eigenvalue weighted by atomic mass is 35.5. The quantitative estimate of drug-likeness (QED) is 0.192. The zero-order chi connectivity index (χ0) is 32.1. The summed E-state index contributed by atoms with van der Waals surface area (Å²) in [5, 5.41) is 0. The van der Waals surface area contributed by atoms with Gasteiger partial charge in [-0.15, -0.1) is 24.8 Å². The predicted octanol–water partition coefficient (Wildman–Crippen LogP) is 5.05. The third kappa shape index (κ3) is 8.27. The highest BCUT2D eigenvalue weighted by molar-refractivity contribution is 6.20. The highest BCUT2D eigenvalue weighted by Crippen LogP contribution is 2.40. The SMILES string of the molecule is CCN1C(=O)C(C)(C)C(=O)N(C)c2cc(OCCCN(CCN(C)C(=O)c3ccc4c(c3)OCO4)Cc3ccncc3)ccc21.Cl.Cl. The van der Waals surface area contributed by atoms with E-state index in [9.17, 15) is 14.4 Å². The first-order valence-corrected chi connectivity index (χ1v) is 15.2. The molecule has 0 aliphatic carbocycles. The molecule has 3 amide bonds. The van der Waals surface area contributed by atoms with Gasteiger partial charge in [-0.3, -0.25) is 24.3 Å². The van der Waals surface area contributed by atoms with Crippen molar-refractivity contribution in [3.8, 4) is 17.2 Å². The molecular weight excluding hydrogens is 645 g/mol. The Morgan fingerprint density at radius 1 is 0.936 bits per heavy atom. The predicted molar refractivity (Wildman–Crippen MR) is 185 cm³/mol. The summed E-state index contributed by atoms with van der Waals surface area (Å²) in [5.41, 5.74) is 1.87. The van der Waals surface area contributed by atoms with E-state index in [1.807, 2.05) is 37.3 Å². The lowest BCUT2D eigenvalue weighted by Gasteiger charge is -2.27. The van der Waals surface area contributed by atoms with Crippen molar-refractivity contribution in [2.24, 2.45) is 5.41 Å². The van der Waals surface area contributed by atoms with E-state index in [0.717, 1.165) is 18.5 Å². The number of nitrogens with zero attached hydrogens (tertiary/aromatic N) is 5. The van der Waals surface area contributed by atoms with Gasteiger partial charge in [0, 0.05) is 70.8 Å². The number of hydrogen-bond acceptors (Lipinski definition) is 8. The summed E-state index contributed by atoms with van der Waals surface area (Å²) in [7, 11) is 3.50. The summed E-state index contributed by atoms with van der Waals surface area (Å²) in [6.45, 7) is 8.97. The van der Waals surface area contributed by atoms with E-state index in [1.54, 1.807) is 73.2 Å². The van der Waals surface area contributed by atoms with E-state index >= 15 is 0 Å². The van der Waals surface area contributed by atoms with Crippen LogP contribution in [0.5, 0.6) is 17.2 Å². The lowest BCUT2D eigenvalue weighted by molar-refractivity contribution is -0.137. The first-order chi connectivity index (χ1) is 21.6. The number of anilines is 2. The Labute approximate surface area is 288 Å². The zero-order valence-electron chi connectivity index (χ0n) is 27.4. The average molecular weight is 689 g/mol. The van der Waals surface area contributed by atoms with Crippen LogP contribution in [0.25, 0.3) is 0 Å². The molecule has 2 aromatic carbocycles. The minimum absolute atomic E-state index is 0. The second-order valence-electron chi connectivity index (χ2n) is 11.8. The number of likely N-dealkylation sites (N-methyl/N-ethyl adjacent to an activating group) is 1. The van der Waals surface area contributed by atoms with Crippen molar-refractivity contribution in [3.05, 3.63) is 72.1 Å². The molecule has 0 bridgehead atoms. The maximum absolute atomic E-state index is 13.2. The molecule has 0 atom stereocenters. The fraction of sp³-hybridized carbons (Fsp3) is 0.412. The minimum Gasteiger partial charge on any atom is -0.493 e. The van der Waals surface area contributed by atoms with Gasteiger partial charge in [-0.25, -0.2) is 0 Å². The van der Waals surface area contributed by atoms with Gasteiger partial charge in [0.25, 0.3) is 5.91 Å². The number of pyridine rings is 1. The Hall–Kier alpha value is -4.06. The molecule has 3 aromatic rings. The summed E-state index contributed by atoms with van der Waals surface area (Å²) in [6.07, 6.45) is 4.30. The van der Waals surface area contributed by atoms with Crippen LogP contribution in [0.2, 0.25) is 0 Å². The Morgan fingerprint density at radius 3 is 2.38 bits per heavy atom. The van der Waals surface area contributed by atoms with Gasteiger partial charge in [0.15, 0.2) is 11.5 Å². The van der Waals surface area contributed by atoms with Gasteiger partial charge in [-0.2, -0.15) is 0 Å². The number of benzene rings is 2. The van der Waals surface area contributed by atoms with Gasteiger partial charge in [0.1, 0.15) is 11.2 Å². The monoisotopic (exact) mass is 687 g/mol. The third-order valence-electron chi connectivity index (χ3n) is 8.30. The van der Waals surface area contributed by atoms with E-state index in [0.29, 0.717) is 67.0 Å². The number of fused-ring (bicyclic) bond motifs is 2. The second kappa shape index (κ2) is 16.2. The summed E-state index contributed by atoms with van der Waals surface area (Å²) >= 11 is 0. The van der Waals surface area contributed by atoms with Crippen molar-refractivity contribution < 1.29 is 28.6 Å². The fourth-order valence-corrected chi connectivity index (χ4v) is 5.61. The van der Waals surface area contributed by atoms with Crippen LogP contribution < -0.4 is 24.0 Å². The van der Waals surface area contributed by atoms with Crippen LogP contribution in [0, 0.1) is 5.41 Å². The van der Waals surface area contributed by atoms with E-state index in [4.69, 9.17) is 14.2 Å². The van der Waals surface area contributed by atoms with E-state index in [1.165, 1.54) is 0 Å². The molecule has 254 valence electrons. The number of hydrogen-bond donors (Lipinski definition) is 0. The molecule has 0 N–H and O–H groups in total. The molecule has 0 radical (unpaired) electrons. The number of amides is 3. The lowest BCUT2D eigenvalue weighted by Crippen LogP contribution is -2.47. The molecule has 2 aliphatic heterocycles. The first kappa shape index (κ1) is 37.4. The van der Waals surface area contributed by atoms with Crippen LogP contribution in [-0.4, -0.2) is 86.2 Å². The van der Waals surface area contributed by atoms with Gasteiger partial charge >= 0.3 is 0 Å². The Kier molecular flexibility index (Phi) is 12.9. The number of carbonyl (C=O) groups excluding carboxylic acids is 3. The summed E-state index contributed by atoms with van der Waals surface area (Å²) in [4.78, 5) is 50.8. The number of aromatic nitrogens is 1. The average Bonchev–Trinajstić information content (AvgIpc) is 3.52. The molecule has 0 spiro atoms. The maximum Gasteiger partial charge on any atom is 0.253 e. The van der Waals surface area contributed by atoms with Crippen LogP contribution in [0.15, 0.2) is 60.9 Å². The van der Waals surface area contributed by atoms with Crippen LogP contribution in [0.3, 0.4) is 0 Å². The number of halogens is 2. The fourth-order valence-electron chi connectivity index (χ4n) is 5.61. The van der Waals surface area contributed by atoms with Crippen LogP contribution in [0.1, 0.15) is 43.1 Å². The molecule has 0 saturated heterocycles. The Balaban J connectivity index is 0.00000300. The largest absolute Gasteiger partial charge is 0.493 e. The molecule has 1 aromatic heterocycles. The van der Waals surface area contributed by atoms with Crippen LogP contribution in [0.4, 0.5) is 11.4 Å². The number of carbonyl (C=O) groups is 3. The molecule has 11 nitrogen and oxygen atoms in total. The van der Waals surface area contributed by atoms with Crippen molar-refractivity contribution >= 4 is 53.9 Å². The van der Waals surface area contributed by atoms with Gasteiger partial charge in [0.05, 0.1) is 18.0 Å². The Morgan fingerprint density at radius 2 is 1.66 bits per heavy atom. The smallest absolute Gasteiger partial charge is 0.253 e. The standard InChI is InChI=1S/C34H41N5O6.2ClH/c1-6-39-27-10-9-26(21-28(27)37(5)32(41)34(2,3)33(39)42)43-19-7-16-38(22-24-12-14-35-15-13-24)18-17-36(4)31(40)25-8-11-29-30(20-25)45-23-44-29;;/h8-15,20-21H,6-7,16-19,22-23H2,1-5H3;2*1H. The molecule has 2 aliphatic rings. The number of rotatable bonds is 12. The molecular formula is C34H43Cl2N5O6.